The lowest BCUT2D eigenvalue weighted by Gasteiger charge is -2.28. The Hall–Kier alpha value is -3.06. The molecule has 2 N–H and O–H groups in total. The second-order valence-electron chi connectivity index (χ2n) is 8.47. The zero-order valence-corrected chi connectivity index (χ0v) is 21.5. The molecule has 1 heterocycles. The van der Waals surface area contributed by atoms with Crippen LogP contribution in [0.2, 0.25) is 0 Å². The van der Waals surface area contributed by atoms with E-state index in [1.54, 1.807) is 6.92 Å². The van der Waals surface area contributed by atoms with E-state index in [-0.39, 0.29) is 43.4 Å². The van der Waals surface area contributed by atoms with Crippen molar-refractivity contribution in [2.24, 2.45) is 0 Å². The van der Waals surface area contributed by atoms with Gasteiger partial charge in [0.15, 0.2) is 6.61 Å². The molecule has 12 heteroatoms. The van der Waals surface area contributed by atoms with Gasteiger partial charge in [-0.25, -0.2) is 12.8 Å². The van der Waals surface area contributed by atoms with Crippen molar-refractivity contribution in [3.05, 3.63) is 59.9 Å². The molecule has 1 aliphatic rings. The largest absolute Gasteiger partial charge is 0.484 e. The quantitative estimate of drug-likeness (QED) is 0.389. The first-order valence-electron chi connectivity index (χ1n) is 12.0. The van der Waals surface area contributed by atoms with Gasteiger partial charge in [0.1, 0.15) is 17.6 Å². The Morgan fingerprint density at radius 3 is 2.41 bits per heavy atom. The average Bonchev–Trinajstić information content (AvgIpc) is 2.91. The molecule has 0 saturated carbocycles. The number of carbonyl (C=O) groups is 2. The summed E-state index contributed by atoms with van der Waals surface area (Å²) in [5.74, 6) is -1.02. The zero-order chi connectivity index (χ0) is 26.8. The van der Waals surface area contributed by atoms with E-state index in [9.17, 15) is 22.4 Å². The first kappa shape index (κ1) is 28.5. The summed E-state index contributed by atoms with van der Waals surface area (Å²) in [7, 11) is -3.66. The minimum Gasteiger partial charge on any atom is -0.484 e. The van der Waals surface area contributed by atoms with Crippen molar-refractivity contribution in [3.63, 3.8) is 0 Å². The molecule has 0 aliphatic carbocycles. The predicted octanol–water partition coefficient (Wildman–Crippen LogP) is 1.14. The number of benzene rings is 2. The van der Waals surface area contributed by atoms with E-state index in [0.29, 0.717) is 25.2 Å². The highest BCUT2D eigenvalue weighted by molar-refractivity contribution is 7.89. The van der Waals surface area contributed by atoms with Crippen LogP contribution in [0.15, 0.2) is 53.4 Å². The molecule has 0 radical (unpaired) electrons. The van der Waals surface area contributed by atoms with Crippen molar-refractivity contribution in [1.82, 2.24) is 14.5 Å². The first-order chi connectivity index (χ1) is 17.7. The molecule has 2 aromatic carbocycles. The van der Waals surface area contributed by atoms with Crippen LogP contribution in [0.25, 0.3) is 0 Å². The van der Waals surface area contributed by atoms with Gasteiger partial charge in [0.05, 0.1) is 18.1 Å². The normalized spacial score (nSPS) is 15.1. The fraction of sp³-hybridized carbons (Fsp3) is 0.440. The third-order valence-corrected chi connectivity index (χ3v) is 7.77. The summed E-state index contributed by atoms with van der Waals surface area (Å²) in [6.07, 6.45) is 0.380. The second-order valence-corrected chi connectivity index (χ2v) is 10.4. The number of carbonyl (C=O) groups excluding carboxylic acids is 2. The third-order valence-electron chi connectivity index (χ3n) is 5.86. The number of amides is 2. The van der Waals surface area contributed by atoms with Gasteiger partial charge >= 0.3 is 0 Å². The fourth-order valence-electron chi connectivity index (χ4n) is 3.68. The zero-order valence-electron chi connectivity index (χ0n) is 20.6. The minimum atomic E-state index is -3.66. The van der Waals surface area contributed by atoms with Crippen LogP contribution >= 0.6 is 0 Å². The lowest BCUT2D eigenvalue weighted by molar-refractivity contribution is -0.142. The van der Waals surface area contributed by atoms with Gasteiger partial charge in [-0.2, -0.15) is 4.31 Å². The van der Waals surface area contributed by atoms with E-state index in [4.69, 9.17) is 14.6 Å². The summed E-state index contributed by atoms with van der Waals surface area (Å²) in [4.78, 5) is 27.1. The fourth-order valence-corrected chi connectivity index (χ4v) is 5.09. The van der Waals surface area contributed by atoms with Crippen LogP contribution in [0.5, 0.6) is 5.75 Å². The van der Waals surface area contributed by atoms with Crippen molar-refractivity contribution in [2.75, 3.05) is 46.1 Å². The smallest absolute Gasteiger partial charge is 0.261 e. The molecule has 1 fully saturated rings. The molecular formula is C25H32FN3O7S. The maximum absolute atomic E-state index is 13.3. The Morgan fingerprint density at radius 2 is 1.78 bits per heavy atom. The van der Waals surface area contributed by atoms with E-state index < -0.39 is 40.3 Å². The van der Waals surface area contributed by atoms with Crippen molar-refractivity contribution in [2.45, 2.75) is 30.8 Å². The van der Waals surface area contributed by atoms with Gasteiger partial charge in [-0.05, 0) is 55.3 Å². The second kappa shape index (κ2) is 13.5. The molecule has 3 rings (SSSR count). The van der Waals surface area contributed by atoms with Gasteiger partial charge in [0, 0.05) is 32.8 Å². The number of aliphatic hydroxyl groups is 1. The van der Waals surface area contributed by atoms with Gasteiger partial charge in [-0.15, -0.1) is 0 Å². The number of nitrogens with one attached hydrogen (secondary N) is 1. The molecule has 37 heavy (non-hydrogen) atoms. The Labute approximate surface area is 216 Å². The van der Waals surface area contributed by atoms with Crippen molar-refractivity contribution in [3.8, 4) is 5.75 Å². The molecule has 0 unspecified atom stereocenters. The topological polar surface area (TPSA) is 125 Å². The lowest BCUT2D eigenvalue weighted by Crippen LogP contribution is -2.49. The molecule has 0 bridgehead atoms. The van der Waals surface area contributed by atoms with E-state index in [1.165, 1.54) is 57.7 Å². The Kier molecular flexibility index (Phi) is 10.4. The summed E-state index contributed by atoms with van der Waals surface area (Å²) >= 11 is 0. The van der Waals surface area contributed by atoms with Gasteiger partial charge in [-0.1, -0.05) is 12.1 Å². The molecule has 1 atom stereocenters. The summed E-state index contributed by atoms with van der Waals surface area (Å²) < 4.78 is 51.0. The van der Waals surface area contributed by atoms with E-state index in [2.05, 4.69) is 5.32 Å². The highest BCUT2D eigenvalue weighted by atomic mass is 32.2. The number of sulfonamides is 1. The van der Waals surface area contributed by atoms with Crippen LogP contribution < -0.4 is 10.1 Å². The number of nitrogens with zero attached hydrogens (tertiary/aromatic N) is 2. The molecule has 1 saturated heterocycles. The summed E-state index contributed by atoms with van der Waals surface area (Å²) in [5.41, 5.74) is 0.627. The molecule has 10 nitrogen and oxygen atoms in total. The monoisotopic (exact) mass is 537 g/mol. The van der Waals surface area contributed by atoms with Crippen LogP contribution in [0.1, 0.15) is 18.9 Å². The van der Waals surface area contributed by atoms with Crippen LogP contribution in [-0.4, -0.2) is 86.6 Å². The third kappa shape index (κ3) is 7.96. The SMILES string of the molecule is C[C@@H](C(=O)NCCCO)N(Cc1ccc(F)cc1)C(=O)COc1ccc(S(=O)(=O)N2CCOCC2)cc1. The van der Waals surface area contributed by atoms with Crippen LogP contribution in [0.4, 0.5) is 4.39 Å². The number of ether oxygens (including phenoxy) is 2. The summed E-state index contributed by atoms with van der Waals surface area (Å²) in [6, 6.07) is 10.5. The maximum Gasteiger partial charge on any atom is 0.261 e. The van der Waals surface area contributed by atoms with Crippen molar-refractivity contribution in [1.29, 1.82) is 0 Å². The van der Waals surface area contributed by atoms with Gasteiger partial charge in [-0.3, -0.25) is 9.59 Å². The highest BCUT2D eigenvalue weighted by Crippen LogP contribution is 2.21. The Bertz CT molecular complexity index is 1140. The van der Waals surface area contributed by atoms with Crippen LogP contribution in [0.3, 0.4) is 0 Å². The van der Waals surface area contributed by atoms with Crippen molar-refractivity contribution >= 4 is 21.8 Å². The Morgan fingerprint density at radius 1 is 1.14 bits per heavy atom. The van der Waals surface area contributed by atoms with Gasteiger partial charge in [0.25, 0.3) is 5.91 Å². The standard InChI is InChI=1S/C25H32FN3O7S/c1-19(25(32)27-11-2-14-30)29(17-20-3-5-21(26)6-4-20)24(31)18-36-22-7-9-23(10-8-22)37(33,34)28-12-15-35-16-13-28/h3-10,19,30H,2,11-18H2,1H3,(H,27,32)/t19-/m0/s1. The number of hydrogen-bond donors (Lipinski definition) is 2. The molecule has 1 aliphatic heterocycles. The number of hydrogen-bond acceptors (Lipinski definition) is 7. The van der Waals surface area contributed by atoms with Crippen LogP contribution in [-0.2, 0) is 30.9 Å². The molecule has 202 valence electrons. The molecule has 0 spiro atoms. The van der Waals surface area contributed by atoms with Crippen LogP contribution in [0, 0.1) is 5.82 Å². The average molecular weight is 538 g/mol. The number of rotatable bonds is 12. The molecule has 0 aromatic heterocycles. The Balaban J connectivity index is 1.67. The van der Waals surface area contributed by atoms with Gasteiger partial charge in [0.2, 0.25) is 15.9 Å². The van der Waals surface area contributed by atoms with E-state index >= 15 is 0 Å². The molecular weight excluding hydrogens is 505 g/mol. The summed E-state index contributed by atoms with van der Waals surface area (Å²) in [6.45, 7) is 2.65. The molecule has 2 amide bonds. The van der Waals surface area contributed by atoms with Gasteiger partial charge < -0.3 is 24.8 Å². The predicted molar refractivity (Wildman–Crippen MR) is 133 cm³/mol. The number of aliphatic hydroxyl groups excluding tert-OH is 1. The number of morpholine rings is 1. The number of halogens is 1. The molecule has 2 aromatic rings. The highest BCUT2D eigenvalue weighted by Gasteiger charge is 2.28. The maximum atomic E-state index is 13.3. The summed E-state index contributed by atoms with van der Waals surface area (Å²) in [5, 5.41) is 11.6. The van der Waals surface area contributed by atoms with E-state index in [0.717, 1.165) is 0 Å². The lowest BCUT2D eigenvalue weighted by atomic mass is 10.1. The first-order valence-corrected chi connectivity index (χ1v) is 13.4. The minimum absolute atomic E-state index is 0.0494. The van der Waals surface area contributed by atoms with Crippen molar-refractivity contribution < 1.29 is 37.0 Å². The van der Waals surface area contributed by atoms with E-state index in [1.807, 2.05) is 0 Å².